The molecule has 0 spiro atoms. The van der Waals surface area contributed by atoms with Crippen LogP contribution in [0.5, 0.6) is 0 Å². The number of nitrogens with one attached hydrogen (secondary N) is 5. The third-order valence-electron chi connectivity index (χ3n) is 5.51. The van der Waals surface area contributed by atoms with Crippen molar-refractivity contribution in [2.45, 2.75) is 164 Å². The predicted molar refractivity (Wildman–Crippen MR) is 291 cm³/mol. The van der Waals surface area contributed by atoms with E-state index in [0.717, 1.165) is 6.54 Å². The van der Waals surface area contributed by atoms with E-state index in [0.29, 0.717) is 58.9 Å². The van der Waals surface area contributed by atoms with Crippen molar-refractivity contribution in [3.05, 3.63) is 12.2 Å². The van der Waals surface area contributed by atoms with Crippen molar-refractivity contribution < 1.29 is 76.5 Å². The molecule has 0 aromatic carbocycles. The van der Waals surface area contributed by atoms with Gasteiger partial charge in [0.1, 0.15) is 29.7 Å². The number of allylic oxidation sites excluding steroid dienone is 2. The molecule has 5 N–H and O–H groups in total. The van der Waals surface area contributed by atoms with Gasteiger partial charge in [-0.25, -0.2) is 4.79 Å². The summed E-state index contributed by atoms with van der Waals surface area (Å²) in [6.45, 7) is 37.7. The molecular weight excluding hydrogens is 953 g/mol. The standard InChI is InChI=1S/C6H11NO3.C6H11NO2.C5H11NO2.C5H9NO.C5H10O2.C5H8O.2C4H9NO.C4H8O2.C4H8O.C3H8/c1-3-10-6(9)7-4-5(2)8;1-3-6(9)7-4-5(2)8;1-5(7)3-6-4-8-2;1-3-6-4-5(2)7;1-3-7-4-5(2)6;1-3-4-5(2)6;1-3-4(6)5-2;1-3-5-4(2)6;1-3-6-4(2)5;1-3-4(2)5;1-3-2/h3-4H2,1-2H3,(H,7,9);3-4H2,1-2H3,(H,7,9);6H,3-4H2,1-2H3;3H,4H2,1-2H3;3-4H2,1-2H3;3-4H,1-2H3;2*3H2,1-2H3,(H,5,6);3H2,1-2H3;3H2,1-2H3;3H2,1-2H3. The third-order valence-corrected chi connectivity index (χ3v) is 5.51. The van der Waals surface area contributed by atoms with E-state index >= 15 is 0 Å². The van der Waals surface area contributed by atoms with E-state index in [1.807, 2.05) is 34.6 Å². The van der Waals surface area contributed by atoms with Gasteiger partial charge in [-0.3, -0.25) is 58.3 Å². The maximum absolute atomic E-state index is 10.5. The Hall–Kier alpha value is -5.87. The molecule has 0 saturated carbocycles. The molecule has 22 nitrogen and oxygen atoms in total. The molecule has 0 aliphatic heterocycles. The van der Waals surface area contributed by atoms with E-state index in [1.165, 1.54) is 67.9 Å². The summed E-state index contributed by atoms with van der Waals surface area (Å²) in [5.74, 6) is 0.421. The van der Waals surface area contributed by atoms with Gasteiger partial charge in [-0.1, -0.05) is 47.1 Å². The number of rotatable bonds is 20. The normalized spacial score (nSPS) is 8.52. The molecule has 0 aromatic rings. The highest BCUT2D eigenvalue weighted by molar-refractivity contribution is 5.87. The largest absolute Gasteiger partial charge is 0.466 e. The molecule has 0 heterocycles. The summed E-state index contributed by atoms with van der Waals surface area (Å²) in [5.41, 5.74) is 0. The van der Waals surface area contributed by atoms with Crippen LogP contribution < -0.4 is 26.6 Å². The number of aliphatic imine (C=N–C) groups is 1. The first-order valence-corrected chi connectivity index (χ1v) is 24.0. The Morgan fingerprint density at radius 3 is 1.12 bits per heavy atom. The Kier molecular flexibility index (Phi) is 110. The molecule has 0 bridgehead atoms. The van der Waals surface area contributed by atoms with Gasteiger partial charge in [0, 0.05) is 60.4 Å². The first kappa shape index (κ1) is 93.2. The minimum atomic E-state index is -0.544. The van der Waals surface area contributed by atoms with E-state index in [4.69, 9.17) is 4.74 Å². The fourth-order valence-electron chi connectivity index (χ4n) is 2.39. The highest BCUT2D eigenvalue weighted by atomic mass is 16.5. The number of esters is 1. The summed E-state index contributed by atoms with van der Waals surface area (Å²) in [7, 11) is 3.21. The van der Waals surface area contributed by atoms with Gasteiger partial charge in [0.15, 0.2) is 17.3 Å². The number of nitrogens with zero attached hydrogens (tertiary/aromatic N) is 1. The number of amides is 4. The zero-order valence-corrected chi connectivity index (χ0v) is 49.1. The lowest BCUT2D eigenvalue weighted by atomic mass is 10.4. The van der Waals surface area contributed by atoms with Crippen LogP contribution in [0.2, 0.25) is 0 Å². The second kappa shape index (κ2) is 85.9. The van der Waals surface area contributed by atoms with Gasteiger partial charge >= 0.3 is 12.1 Å². The molecule has 0 fully saturated rings. The Morgan fingerprint density at radius 1 is 0.521 bits per heavy atom. The number of alkyl carbamates (subject to hydrolysis) is 1. The number of ketones is 7. The molecule has 0 unspecified atom stereocenters. The highest BCUT2D eigenvalue weighted by Gasteiger charge is 1.99. The number of hydrogen-bond donors (Lipinski definition) is 5. The first-order chi connectivity index (χ1) is 33.9. The lowest BCUT2D eigenvalue weighted by Crippen LogP contribution is -2.28. The van der Waals surface area contributed by atoms with Crippen molar-refractivity contribution >= 4 is 76.5 Å². The summed E-state index contributed by atoms with van der Waals surface area (Å²) in [5, 5.41) is 12.5. The maximum Gasteiger partial charge on any atom is 0.407 e. The van der Waals surface area contributed by atoms with Crippen LogP contribution in [0.15, 0.2) is 17.1 Å². The van der Waals surface area contributed by atoms with Crippen LogP contribution in [0.3, 0.4) is 0 Å². The van der Waals surface area contributed by atoms with Gasteiger partial charge in [0.05, 0.1) is 46.1 Å². The van der Waals surface area contributed by atoms with Crippen molar-refractivity contribution in [1.82, 2.24) is 26.6 Å². The molecule has 0 atom stereocenters. The highest BCUT2D eigenvalue weighted by Crippen LogP contribution is 1.77. The Morgan fingerprint density at radius 2 is 0.959 bits per heavy atom. The van der Waals surface area contributed by atoms with Gasteiger partial charge in [-0.05, 0) is 102 Å². The van der Waals surface area contributed by atoms with Gasteiger partial charge in [-0.15, -0.1) is 0 Å². The zero-order chi connectivity index (χ0) is 60.0. The minimum Gasteiger partial charge on any atom is -0.466 e. The number of hydrogen-bond acceptors (Lipinski definition) is 18. The van der Waals surface area contributed by atoms with Crippen LogP contribution in [0, 0.1) is 0 Å². The topological polar surface area (TPSA) is 314 Å². The summed E-state index contributed by atoms with van der Waals surface area (Å²) < 4.78 is 18.3. The van der Waals surface area contributed by atoms with E-state index in [9.17, 15) is 57.5 Å². The summed E-state index contributed by atoms with van der Waals surface area (Å²) in [6, 6.07) is 0. The molecule has 4 amide bonds. The van der Waals surface area contributed by atoms with Crippen LogP contribution in [0.1, 0.15) is 164 Å². The van der Waals surface area contributed by atoms with Crippen molar-refractivity contribution in [3.8, 4) is 0 Å². The monoisotopic (exact) mass is 1050 g/mol. The average Bonchev–Trinajstić information content (AvgIpc) is 3.30. The SMILES string of the molecule is CC=CC(C)=O.CC=NCC(C)=O.CCC.CCC(=O)NC.CCC(=O)NCC(C)=O.CCC(C)=O.CCNC(C)=O.CCOC(=O)NCC(C)=O.CCOC(C)=O.CCOCC(C)=O.COCNCC(C)=O. The molecule has 432 valence electrons. The number of carbonyl (C=O) groups excluding carboxylic acids is 12. The molecule has 0 aliphatic carbocycles. The number of Topliss-reactive ketones (excluding diaryl/α,β-unsaturated/α-hetero) is 6. The van der Waals surface area contributed by atoms with Crippen molar-refractivity contribution in [2.75, 3.05) is 80.0 Å². The quantitative estimate of drug-likeness (QED) is 0.0313. The summed E-state index contributed by atoms with van der Waals surface area (Å²) in [6.07, 6.45) is 7.27. The van der Waals surface area contributed by atoms with E-state index in [-0.39, 0.29) is 83.9 Å². The predicted octanol–water partition coefficient (Wildman–Crippen LogP) is 5.88. The van der Waals surface area contributed by atoms with E-state index in [1.54, 1.807) is 61.1 Å². The Labute approximate surface area is 439 Å². The van der Waals surface area contributed by atoms with E-state index in [2.05, 4.69) is 59.6 Å². The molecular formula is C51H102N6O16. The molecule has 0 saturated heterocycles. The van der Waals surface area contributed by atoms with Gasteiger partial charge in [0.25, 0.3) is 0 Å². The fourth-order valence-corrected chi connectivity index (χ4v) is 2.39. The van der Waals surface area contributed by atoms with Gasteiger partial charge in [0.2, 0.25) is 17.7 Å². The molecule has 0 rings (SSSR count). The van der Waals surface area contributed by atoms with Crippen LogP contribution in [0.25, 0.3) is 0 Å². The summed E-state index contributed by atoms with van der Waals surface area (Å²) >= 11 is 0. The molecule has 0 aromatic heterocycles. The van der Waals surface area contributed by atoms with Crippen molar-refractivity contribution in [2.24, 2.45) is 4.99 Å². The van der Waals surface area contributed by atoms with Gasteiger partial charge < -0.3 is 45.0 Å². The number of methoxy groups -OCH3 is 1. The van der Waals surface area contributed by atoms with Crippen molar-refractivity contribution in [1.29, 1.82) is 0 Å². The second-order valence-electron chi connectivity index (χ2n) is 13.7. The van der Waals surface area contributed by atoms with Crippen LogP contribution in [-0.4, -0.2) is 157 Å². The Balaban J connectivity index is -0.0000000650. The number of carbonyl (C=O) groups is 12. The molecule has 73 heavy (non-hydrogen) atoms. The van der Waals surface area contributed by atoms with Crippen LogP contribution >= 0.6 is 0 Å². The van der Waals surface area contributed by atoms with Crippen LogP contribution in [-0.2, 0) is 71.7 Å². The minimum absolute atomic E-state index is 0.0169. The fraction of sp³-hybridized carbons (Fsp3) is 0.706. The lowest BCUT2D eigenvalue weighted by molar-refractivity contribution is -0.140. The third kappa shape index (κ3) is 197. The van der Waals surface area contributed by atoms with E-state index < -0.39 is 6.09 Å². The van der Waals surface area contributed by atoms with Gasteiger partial charge in [-0.2, -0.15) is 0 Å². The smallest absolute Gasteiger partial charge is 0.407 e. The lowest BCUT2D eigenvalue weighted by Gasteiger charge is -2.00. The molecule has 0 radical (unpaired) electrons. The second-order valence-corrected chi connectivity index (χ2v) is 13.7. The molecule has 22 heteroatoms. The Bertz CT molecular complexity index is 1420. The average molecular weight is 1060 g/mol. The zero-order valence-electron chi connectivity index (χ0n) is 49.1. The molecule has 0 aliphatic rings. The van der Waals surface area contributed by atoms with Crippen molar-refractivity contribution in [3.63, 3.8) is 0 Å². The number of ether oxygens (including phenoxy) is 4. The first-order valence-electron chi connectivity index (χ1n) is 24.0. The maximum atomic E-state index is 10.5. The summed E-state index contributed by atoms with van der Waals surface area (Å²) in [4.78, 5) is 125. The van der Waals surface area contributed by atoms with Crippen LogP contribution in [0.4, 0.5) is 4.79 Å².